The summed E-state index contributed by atoms with van der Waals surface area (Å²) < 4.78 is 4.92. The number of carbonyl (C=O) groups is 1. The maximum Gasteiger partial charge on any atom is 0.342 e. The van der Waals surface area contributed by atoms with Crippen molar-refractivity contribution in [1.82, 2.24) is 0 Å². The molecule has 0 atom stereocenters. The van der Waals surface area contributed by atoms with Gasteiger partial charge in [0.25, 0.3) is 0 Å². The zero-order chi connectivity index (χ0) is 13.5. The fourth-order valence-corrected chi connectivity index (χ4v) is 1.87. The monoisotopic (exact) mass is 252 g/mol. The molecule has 0 saturated carbocycles. The Labute approximate surface area is 107 Å². The van der Waals surface area contributed by atoms with Gasteiger partial charge in [0.05, 0.1) is 6.61 Å². The normalized spacial score (nSPS) is 10.3. The van der Waals surface area contributed by atoms with Gasteiger partial charge in [0.15, 0.2) is 0 Å². The van der Waals surface area contributed by atoms with Crippen molar-refractivity contribution in [2.24, 2.45) is 0 Å². The van der Waals surface area contributed by atoms with Gasteiger partial charge in [-0.2, -0.15) is 0 Å². The van der Waals surface area contributed by atoms with Crippen LogP contribution in [0, 0.1) is 0 Å². The van der Waals surface area contributed by atoms with Crippen molar-refractivity contribution in [2.75, 3.05) is 6.61 Å². The van der Waals surface area contributed by atoms with E-state index in [9.17, 15) is 15.0 Å². The van der Waals surface area contributed by atoms with Crippen LogP contribution in [-0.4, -0.2) is 22.8 Å². The number of ether oxygens (including phenoxy) is 1. The second kappa shape index (κ2) is 6.89. The lowest BCUT2D eigenvalue weighted by atomic mass is 10.00. The van der Waals surface area contributed by atoms with Gasteiger partial charge in [0.1, 0.15) is 17.1 Å². The number of phenols is 2. The fourth-order valence-electron chi connectivity index (χ4n) is 1.87. The van der Waals surface area contributed by atoms with Crippen LogP contribution in [0.25, 0.3) is 0 Å². The van der Waals surface area contributed by atoms with E-state index in [1.165, 1.54) is 6.07 Å². The summed E-state index contributed by atoms with van der Waals surface area (Å²) >= 11 is 0. The molecule has 1 aromatic carbocycles. The second-order valence-electron chi connectivity index (χ2n) is 4.18. The minimum absolute atomic E-state index is 0.0351. The molecule has 4 nitrogen and oxygen atoms in total. The van der Waals surface area contributed by atoms with Crippen LogP contribution >= 0.6 is 0 Å². The second-order valence-corrected chi connectivity index (χ2v) is 4.18. The number of unbranched alkanes of at least 4 members (excludes halogenated alkanes) is 2. The Kier molecular flexibility index (Phi) is 5.49. The third kappa shape index (κ3) is 3.65. The van der Waals surface area contributed by atoms with E-state index in [4.69, 9.17) is 4.74 Å². The van der Waals surface area contributed by atoms with E-state index in [0.29, 0.717) is 12.0 Å². The SMILES string of the molecule is CCCCCc1cc(O)cc(O)c1C(=O)OCC. The molecule has 2 N–H and O–H groups in total. The van der Waals surface area contributed by atoms with Crippen molar-refractivity contribution < 1.29 is 19.7 Å². The average molecular weight is 252 g/mol. The number of rotatable bonds is 6. The summed E-state index contributed by atoms with van der Waals surface area (Å²) in [5.41, 5.74) is 0.810. The minimum Gasteiger partial charge on any atom is -0.508 e. The Bertz CT molecular complexity index is 413. The lowest BCUT2D eigenvalue weighted by Crippen LogP contribution is -2.08. The molecule has 100 valence electrons. The lowest BCUT2D eigenvalue weighted by molar-refractivity contribution is 0.0521. The number of carbonyl (C=O) groups excluding carboxylic acids is 1. The van der Waals surface area contributed by atoms with Crippen molar-refractivity contribution in [3.63, 3.8) is 0 Å². The maximum absolute atomic E-state index is 11.8. The predicted octanol–water partition coefficient (Wildman–Crippen LogP) is 3.01. The molecular formula is C14H20O4. The van der Waals surface area contributed by atoms with Gasteiger partial charge in [0.2, 0.25) is 0 Å². The van der Waals surface area contributed by atoms with Gasteiger partial charge in [-0.25, -0.2) is 4.79 Å². The Morgan fingerprint density at radius 3 is 2.56 bits per heavy atom. The summed E-state index contributed by atoms with van der Waals surface area (Å²) in [6.07, 6.45) is 3.66. The van der Waals surface area contributed by atoms with E-state index in [0.717, 1.165) is 25.3 Å². The Morgan fingerprint density at radius 1 is 1.22 bits per heavy atom. The van der Waals surface area contributed by atoms with Crippen LogP contribution < -0.4 is 0 Å². The minimum atomic E-state index is -0.540. The van der Waals surface area contributed by atoms with Crippen LogP contribution in [0.1, 0.15) is 49.0 Å². The van der Waals surface area contributed by atoms with Crippen molar-refractivity contribution in [1.29, 1.82) is 0 Å². The fraction of sp³-hybridized carbons (Fsp3) is 0.500. The molecule has 1 aromatic rings. The van der Waals surface area contributed by atoms with Gasteiger partial charge < -0.3 is 14.9 Å². The Balaban J connectivity index is 3.00. The summed E-state index contributed by atoms with van der Waals surface area (Å²) in [6, 6.07) is 2.68. The molecule has 0 aromatic heterocycles. The molecule has 0 amide bonds. The molecule has 0 aliphatic carbocycles. The maximum atomic E-state index is 11.8. The van der Waals surface area contributed by atoms with E-state index in [2.05, 4.69) is 6.92 Å². The number of hydrogen-bond acceptors (Lipinski definition) is 4. The zero-order valence-electron chi connectivity index (χ0n) is 10.9. The largest absolute Gasteiger partial charge is 0.508 e. The van der Waals surface area contributed by atoms with Gasteiger partial charge >= 0.3 is 5.97 Å². The number of esters is 1. The molecule has 0 aliphatic rings. The molecule has 18 heavy (non-hydrogen) atoms. The molecule has 0 saturated heterocycles. The number of aryl methyl sites for hydroxylation is 1. The average Bonchev–Trinajstić information content (AvgIpc) is 2.28. The highest BCUT2D eigenvalue weighted by Crippen LogP contribution is 2.29. The van der Waals surface area contributed by atoms with Crippen LogP contribution in [0.3, 0.4) is 0 Å². The van der Waals surface area contributed by atoms with Crippen molar-refractivity contribution >= 4 is 5.97 Å². The highest BCUT2D eigenvalue weighted by molar-refractivity contribution is 5.94. The topological polar surface area (TPSA) is 66.8 Å². The number of hydrogen-bond donors (Lipinski definition) is 2. The van der Waals surface area contributed by atoms with Crippen molar-refractivity contribution in [3.05, 3.63) is 23.3 Å². The van der Waals surface area contributed by atoms with Crippen LogP contribution in [0.2, 0.25) is 0 Å². The summed E-state index contributed by atoms with van der Waals surface area (Å²) in [5.74, 6) is -0.798. The molecular weight excluding hydrogens is 232 g/mol. The van der Waals surface area contributed by atoms with Gasteiger partial charge in [-0.1, -0.05) is 19.8 Å². The van der Waals surface area contributed by atoms with E-state index < -0.39 is 5.97 Å². The van der Waals surface area contributed by atoms with Crippen LogP contribution in [0.5, 0.6) is 11.5 Å². The predicted molar refractivity (Wildman–Crippen MR) is 69.0 cm³/mol. The van der Waals surface area contributed by atoms with Gasteiger partial charge in [0, 0.05) is 6.07 Å². The Hall–Kier alpha value is -1.71. The lowest BCUT2D eigenvalue weighted by Gasteiger charge is -2.11. The first-order chi connectivity index (χ1) is 8.60. The van der Waals surface area contributed by atoms with Gasteiger partial charge in [-0.15, -0.1) is 0 Å². The van der Waals surface area contributed by atoms with Crippen LogP contribution in [-0.2, 0) is 11.2 Å². The van der Waals surface area contributed by atoms with E-state index in [-0.39, 0.29) is 23.7 Å². The summed E-state index contributed by atoms with van der Waals surface area (Å²) in [5, 5.41) is 19.2. The van der Waals surface area contributed by atoms with Gasteiger partial charge in [-0.3, -0.25) is 0 Å². The smallest absolute Gasteiger partial charge is 0.342 e. The van der Waals surface area contributed by atoms with Crippen molar-refractivity contribution in [3.8, 4) is 11.5 Å². The highest BCUT2D eigenvalue weighted by atomic mass is 16.5. The molecule has 1 rings (SSSR count). The number of benzene rings is 1. The Morgan fingerprint density at radius 2 is 1.94 bits per heavy atom. The van der Waals surface area contributed by atoms with E-state index in [1.54, 1.807) is 6.92 Å². The van der Waals surface area contributed by atoms with Gasteiger partial charge in [-0.05, 0) is 31.4 Å². The number of aromatic hydroxyl groups is 2. The molecule has 4 heteroatoms. The quantitative estimate of drug-likeness (QED) is 0.603. The molecule has 0 radical (unpaired) electrons. The van der Waals surface area contributed by atoms with Crippen LogP contribution in [0.4, 0.5) is 0 Å². The summed E-state index contributed by atoms with van der Waals surface area (Å²) in [6.45, 7) is 4.06. The molecule has 0 heterocycles. The molecule has 0 spiro atoms. The van der Waals surface area contributed by atoms with E-state index in [1.807, 2.05) is 0 Å². The third-order valence-corrected chi connectivity index (χ3v) is 2.71. The zero-order valence-corrected chi connectivity index (χ0v) is 10.9. The van der Waals surface area contributed by atoms with Crippen LogP contribution in [0.15, 0.2) is 12.1 Å². The molecule has 0 unspecified atom stereocenters. The highest BCUT2D eigenvalue weighted by Gasteiger charge is 2.18. The van der Waals surface area contributed by atoms with Crippen molar-refractivity contribution in [2.45, 2.75) is 39.5 Å². The first-order valence-corrected chi connectivity index (χ1v) is 6.32. The summed E-state index contributed by atoms with van der Waals surface area (Å²) in [4.78, 5) is 11.8. The first-order valence-electron chi connectivity index (χ1n) is 6.32. The molecule has 0 aliphatic heterocycles. The molecule has 0 bridgehead atoms. The summed E-state index contributed by atoms with van der Waals surface area (Å²) in [7, 11) is 0. The standard InChI is InChI=1S/C14H20O4/c1-3-5-6-7-10-8-11(15)9-12(16)13(10)14(17)18-4-2/h8-9,15-16H,3-7H2,1-2H3. The van der Waals surface area contributed by atoms with E-state index >= 15 is 0 Å². The number of phenolic OH excluding ortho intramolecular Hbond substituents is 2. The third-order valence-electron chi connectivity index (χ3n) is 2.71. The first kappa shape index (κ1) is 14.4. The molecule has 0 fully saturated rings.